The molecule has 3 rings (SSSR count). The molecular weight excluding hydrogens is 278 g/mol. The van der Waals surface area contributed by atoms with Crippen LogP contribution in [-0.2, 0) is 0 Å². The lowest BCUT2D eigenvalue weighted by atomic mass is 10.1. The third-order valence-electron chi connectivity index (χ3n) is 3.66. The zero-order valence-corrected chi connectivity index (χ0v) is 12.9. The molecule has 0 aliphatic heterocycles. The molecule has 0 aliphatic carbocycles. The third kappa shape index (κ3) is 2.37. The van der Waals surface area contributed by atoms with E-state index >= 15 is 0 Å². The second-order valence-corrected chi connectivity index (χ2v) is 5.08. The summed E-state index contributed by atoms with van der Waals surface area (Å²) in [5, 5.41) is 4.61. The first-order valence-corrected chi connectivity index (χ1v) is 7.21. The van der Waals surface area contributed by atoms with Gasteiger partial charge in [-0.2, -0.15) is 9.61 Å². The Morgan fingerprint density at radius 1 is 1.27 bits per heavy atom. The molecule has 3 aromatic rings. The number of fused-ring (bicyclic) bond motifs is 1. The Hall–Kier alpha value is -2.60. The molecule has 0 fully saturated rings. The molecule has 0 unspecified atom stereocenters. The molecule has 3 N–H and O–H groups in total. The van der Waals surface area contributed by atoms with E-state index in [4.69, 9.17) is 10.6 Å². The second kappa shape index (κ2) is 5.65. The number of ether oxygens (including phenoxy) is 1. The summed E-state index contributed by atoms with van der Waals surface area (Å²) in [4.78, 5) is 4.56. The fraction of sp³-hybridized carbons (Fsp3) is 0.250. The normalized spacial score (nSPS) is 10.9. The average Bonchev–Trinajstić information content (AvgIpc) is 2.92. The van der Waals surface area contributed by atoms with Gasteiger partial charge in [0.25, 0.3) is 0 Å². The Balaban J connectivity index is 2.14. The summed E-state index contributed by atoms with van der Waals surface area (Å²) in [5.74, 6) is 7.21. The number of nitrogens with one attached hydrogen (secondary N) is 1. The maximum atomic E-state index is 5.64. The van der Waals surface area contributed by atoms with Gasteiger partial charge in [-0.25, -0.2) is 10.8 Å². The molecule has 6 nitrogen and oxygen atoms in total. The minimum absolute atomic E-state index is 0.635. The van der Waals surface area contributed by atoms with Crippen molar-refractivity contribution in [1.82, 2.24) is 14.6 Å². The van der Waals surface area contributed by atoms with E-state index in [2.05, 4.69) is 15.5 Å². The number of aromatic nitrogens is 3. The molecule has 0 aliphatic rings. The molecule has 2 heterocycles. The summed E-state index contributed by atoms with van der Waals surface area (Å²) in [6.07, 6.45) is 0. The molecule has 0 atom stereocenters. The van der Waals surface area contributed by atoms with Crippen molar-refractivity contribution < 1.29 is 4.74 Å². The number of anilines is 1. The van der Waals surface area contributed by atoms with Crippen LogP contribution < -0.4 is 16.0 Å². The van der Waals surface area contributed by atoms with Gasteiger partial charge >= 0.3 is 0 Å². The quantitative estimate of drug-likeness (QED) is 0.572. The van der Waals surface area contributed by atoms with Gasteiger partial charge in [-0.3, -0.25) is 0 Å². The number of nitrogens with two attached hydrogens (primary N) is 1. The van der Waals surface area contributed by atoms with Gasteiger partial charge in [-0.15, -0.1) is 0 Å². The maximum absolute atomic E-state index is 5.64. The number of hydrogen-bond acceptors (Lipinski definition) is 5. The first kappa shape index (κ1) is 14.3. The van der Waals surface area contributed by atoms with Crippen LogP contribution in [0.4, 0.5) is 5.82 Å². The van der Waals surface area contributed by atoms with Crippen LogP contribution in [0.2, 0.25) is 0 Å². The van der Waals surface area contributed by atoms with Gasteiger partial charge in [0.1, 0.15) is 11.6 Å². The smallest absolute Gasteiger partial charge is 0.158 e. The number of nitrogen functional groups attached to an aromatic ring is 1. The van der Waals surface area contributed by atoms with Gasteiger partial charge in [-0.05, 0) is 32.9 Å². The van der Waals surface area contributed by atoms with Crippen molar-refractivity contribution in [3.05, 3.63) is 41.6 Å². The summed E-state index contributed by atoms with van der Waals surface area (Å²) < 4.78 is 7.27. The van der Waals surface area contributed by atoms with Gasteiger partial charge in [0.05, 0.1) is 12.3 Å². The van der Waals surface area contributed by atoms with E-state index in [-0.39, 0.29) is 0 Å². The molecule has 0 bridgehead atoms. The number of nitrogens with zero attached hydrogens (tertiary/aromatic N) is 3. The Morgan fingerprint density at radius 3 is 2.82 bits per heavy atom. The van der Waals surface area contributed by atoms with Gasteiger partial charge < -0.3 is 10.2 Å². The van der Waals surface area contributed by atoms with Crippen molar-refractivity contribution in [3.63, 3.8) is 0 Å². The Kier molecular flexibility index (Phi) is 3.68. The highest BCUT2D eigenvalue weighted by Gasteiger charge is 2.13. The molecule has 0 amide bonds. The summed E-state index contributed by atoms with van der Waals surface area (Å²) in [7, 11) is 0. The summed E-state index contributed by atoms with van der Waals surface area (Å²) >= 11 is 0. The van der Waals surface area contributed by atoms with Crippen molar-refractivity contribution in [3.8, 4) is 17.0 Å². The highest BCUT2D eigenvalue weighted by atomic mass is 16.5. The second-order valence-electron chi connectivity index (χ2n) is 5.08. The maximum Gasteiger partial charge on any atom is 0.158 e. The van der Waals surface area contributed by atoms with Crippen LogP contribution >= 0.6 is 0 Å². The average molecular weight is 297 g/mol. The molecule has 0 spiro atoms. The monoisotopic (exact) mass is 297 g/mol. The van der Waals surface area contributed by atoms with E-state index in [1.807, 2.05) is 51.1 Å². The van der Waals surface area contributed by atoms with E-state index < -0.39 is 0 Å². The summed E-state index contributed by atoms with van der Waals surface area (Å²) in [6.45, 7) is 6.52. The number of aryl methyl sites for hydroxylation is 1. The van der Waals surface area contributed by atoms with Gasteiger partial charge in [-0.1, -0.05) is 12.1 Å². The Bertz CT molecular complexity index is 825. The van der Waals surface area contributed by atoms with Crippen LogP contribution in [0.5, 0.6) is 5.75 Å². The number of benzene rings is 1. The van der Waals surface area contributed by atoms with E-state index in [0.717, 1.165) is 39.7 Å². The van der Waals surface area contributed by atoms with Crippen LogP contribution in [0, 0.1) is 13.8 Å². The van der Waals surface area contributed by atoms with Crippen LogP contribution in [0.3, 0.4) is 0 Å². The highest BCUT2D eigenvalue weighted by molar-refractivity contribution is 5.67. The SMILES string of the molecule is CCOc1cccc(-c2cc3nc(C)c(C)c(NN)n3n2)c1. The molecule has 22 heavy (non-hydrogen) atoms. The zero-order chi connectivity index (χ0) is 15.7. The van der Waals surface area contributed by atoms with E-state index in [9.17, 15) is 0 Å². The number of hydrazine groups is 1. The minimum Gasteiger partial charge on any atom is -0.494 e. The van der Waals surface area contributed by atoms with E-state index in [1.165, 1.54) is 0 Å². The first-order chi connectivity index (χ1) is 10.6. The van der Waals surface area contributed by atoms with Crippen LogP contribution in [-0.4, -0.2) is 21.2 Å². The van der Waals surface area contributed by atoms with Crippen molar-refractivity contribution >= 4 is 11.5 Å². The van der Waals surface area contributed by atoms with Crippen LogP contribution in [0.25, 0.3) is 16.9 Å². The third-order valence-corrected chi connectivity index (χ3v) is 3.66. The van der Waals surface area contributed by atoms with Gasteiger partial charge in [0, 0.05) is 22.9 Å². The lowest BCUT2D eigenvalue weighted by Crippen LogP contribution is -2.14. The lowest BCUT2D eigenvalue weighted by Gasteiger charge is -2.09. The van der Waals surface area contributed by atoms with E-state index in [1.54, 1.807) is 4.52 Å². The predicted molar refractivity (Wildman–Crippen MR) is 86.9 cm³/mol. The molecule has 0 saturated carbocycles. The molecule has 2 aromatic heterocycles. The predicted octanol–water partition coefficient (Wildman–Crippen LogP) is 2.70. The Labute approximate surface area is 128 Å². The number of hydrogen-bond donors (Lipinski definition) is 2. The van der Waals surface area contributed by atoms with E-state index in [0.29, 0.717) is 6.61 Å². The minimum atomic E-state index is 0.635. The van der Waals surface area contributed by atoms with Gasteiger partial charge in [0.15, 0.2) is 5.65 Å². The lowest BCUT2D eigenvalue weighted by molar-refractivity contribution is 0.340. The van der Waals surface area contributed by atoms with Crippen LogP contribution in [0.15, 0.2) is 30.3 Å². The molecule has 1 aromatic carbocycles. The Morgan fingerprint density at radius 2 is 2.09 bits per heavy atom. The fourth-order valence-electron chi connectivity index (χ4n) is 2.42. The van der Waals surface area contributed by atoms with Crippen LogP contribution in [0.1, 0.15) is 18.2 Å². The zero-order valence-electron chi connectivity index (χ0n) is 12.9. The topological polar surface area (TPSA) is 77.5 Å². The van der Waals surface area contributed by atoms with Crippen molar-refractivity contribution in [2.24, 2.45) is 5.84 Å². The molecule has 6 heteroatoms. The highest BCUT2D eigenvalue weighted by Crippen LogP contribution is 2.26. The van der Waals surface area contributed by atoms with Gasteiger partial charge in [0.2, 0.25) is 0 Å². The molecular formula is C16H19N5O. The largest absolute Gasteiger partial charge is 0.494 e. The van der Waals surface area contributed by atoms with Crippen molar-refractivity contribution in [1.29, 1.82) is 0 Å². The molecule has 0 saturated heterocycles. The summed E-state index contributed by atoms with van der Waals surface area (Å²) in [6, 6.07) is 9.80. The van der Waals surface area contributed by atoms with Crippen molar-refractivity contribution in [2.75, 3.05) is 12.0 Å². The molecule has 114 valence electrons. The van der Waals surface area contributed by atoms with Crippen molar-refractivity contribution in [2.45, 2.75) is 20.8 Å². The molecule has 0 radical (unpaired) electrons. The standard InChI is InChI=1S/C16H19N5O/c1-4-22-13-7-5-6-12(8-13)14-9-15-18-11(3)10(2)16(19-17)21(15)20-14/h5-9,19H,4,17H2,1-3H3. The summed E-state index contributed by atoms with van der Waals surface area (Å²) in [5.41, 5.74) is 7.18. The fourth-order valence-corrected chi connectivity index (χ4v) is 2.42. The first-order valence-electron chi connectivity index (χ1n) is 7.21. The number of rotatable bonds is 4.